The zero-order valence-corrected chi connectivity index (χ0v) is 19.0. The van der Waals surface area contributed by atoms with Crippen LogP contribution in [-0.4, -0.2) is 54.8 Å². The highest BCUT2D eigenvalue weighted by Gasteiger charge is 2.34. The second-order valence-electron chi connectivity index (χ2n) is 7.60. The molecule has 1 aliphatic rings. The minimum Gasteiger partial charge on any atom is -0.452 e. The average Bonchev–Trinajstić information content (AvgIpc) is 2.84. The summed E-state index contributed by atoms with van der Waals surface area (Å²) < 4.78 is 31.8. The topological polar surface area (TPSA) is 135 Å². The molecule has 0 spiro atoms. The van der Waals surface area contributed by atoms with Crippen molar-refractivity contribution < 1.29 is 27.5 Å². The summed E-state index contributed by atoms with van der Waals surface area (Å²) in [6, 6.07) is 11.5. The van der Waals surface area contributed by atoms with E-state index in [1.165, 1.54) is 29.7 Å². The van der Waals surface area contributed by atoms with Gasteiger partial charge in [0.05, 0.1) is 5.92 Å². The molecule has 1 aromatic carbocycles. The number of sulfonamides is 1. The number of ether oxygens (including phenoxy) is 1. The second kappa shape index (κ2) is 11.0. The molecule has 3 amide bonds. The van der Waals surface area contributed by atoms with E-state index in [-0.39, 0.29) is 37.4 Å². The second-order valence-corrected chi connectivity index (χ2v) is 9.54. The molecule has 1 saturated heterocycles. The lowest BCUT2D eigenvalue weighted by Gasteiger charge is -2.30. The smallest absolute Gasteiger partial charge is 0.321 e. The molecule has 0 radical (unpaired) electrons. The van der Waals surface area contributed by atoms with Crippen molar-refractivity contribution >= 4 is 27.9 Å². The molecule has 176 valence electrons. The van der Waals surface area contributed by atoms with Gasteiger partial charge in [0.2, 0.25) is 10.0 Å². The van der Waals surface area contributed by atoms with Crippen molar-refractivity contribution in [1.82, 2.24) is 19.9 Å². The van der Waals surface area contributed by atoms with Crippen LogP contribution in [0.4, 0.5) is 4.79 Å². The van der Waals surface area contributed by atoms with Gasteiger partial charge in [-0.25, -0.2) is 13.2 Å². The van der Waals surface area contributed by atoms with Gasteiger partial charge in [0.15, 0.2) is 6.10 Å². The molecule has 2 aromatic rings. The number of benzene rings is 1. The van der Waals surface area contributed by atoms with Gasteiger partial charge in [0.1, 0.15) is 4.90 Å². The van der Waals surface area contributed by atoms with Crippen LogP contribution < -0.4 is 10.6 Å². The van der Waals surface area contributed by atoms with Crippen LogP contribution in [0.2, 0.25) is 0 Å². The summed E-state index contributed by atoms with van der Waals surface area (Å²) in [6.45, 7) is 1.92. The lowest BCUT2D eigenvalue weighted by molar-refractivity contribution is -0.159. The Labute approximate surface area is 192 Å². The Morgan fingerprint density at radius 1 is 1.12 bits per heavy atom. The fourth-order valence-corrected chi connectivity index (χ4v) is 4.77. The summed E-state index contributed by atoms with van der Waals surface area (Å²) in [4.78, 5) is 40.5. The SMILES string of the molecule is CC(OC(=O)C1CCN(S(=O)(=O)c2cccnc2)CC1)C(=O)NC(=O)NCc1ccccc1. The number of imide groups is 1. The Kier molecular flexibility index (Phi) is 8.12. The maximum Gasteiger partial charge on any atom is 0.321 e. The molecule has 1 atom stereocenters. The largest absolute Gasteiger partial charge is 0.452 e. The van der Waals surface area contributed by atoms with Crippen LogP contribution in [0.1, 0.15) is 25.3 Å². The van der Waals surface area contributed by atoms with Crippen LogP contribution in [0.15, 0.2) is 59.8 Å². The number of aromatic nitrogens is 1. The fourth-order valence-electron chi connectivity index (χ4n) is 3.34. The molecule has 3 rings (SSSR count). The molecular weight excluding hydrogens is 448 g/mol. The molecular formula is C22H26N4O6S. The molecule has 11 heteroatoms. The third-order valence-electron chi connectivity index (χ3n) is 5.25. The van der Waals surface area contributed by atoms with Gasteiger partial charge >= 0.3 is 12.0 Å². The normalized spacial score (nSPS) is 15.9. The monoisotopic (exact) mass is 474 g/mol. The number of carbonyl (C=O) groups excluding carboxylic acids is 3. The molecule has 1 aliphatic heterocycles. The molecule has 2 heterocycles. The van der Waals surface area contributed by atoms with Gasteiger partial charge in [-0.05, 0) is 37.5 Å². The predicted molar refractivity (Wildman–Crippen MR) is 118 cm³/mol. The van der Waals surface area contributed by atoms with Crippen LogP contribution in [0, 0.1) is 5.92 Å². The Morgan fingerprint density at radius 2 is 1.82 bits per heavy atom. The molecule has 10 nitrogen and oxygen atoms in total. The van der Waals surface area contributed by atoms with Crippen molar-refractivity contribution in [3.63, 3.8) is 0 Å². The van der Waals surface area contributed by atoms with Crippen molar-refractivity contribution in [2.24, 2.45) is 5.92 Å². The van der Waals surface area contributed by atoms with Crippen molar-refractivity contribution in [2.45, 2.75) is 37.3 Å². The van der Waals surface area contributed by atoms with Crippen molar-refractivity contribution in [2.75, 3.05) is 13.1 Å². The maximum atomic E-state index is 12.7. The Bertz CT molecular complexity index is 1070. The molecule has 1 fully saturated rings. The zero-order chi connectivity index (χ0) is 23.8. The van der Waals surface area contributed by atoms with Crippen LogP contribution in [0.3, 0.4) is 0 Å². The average molecular weight is 475 g/mol. The van der Waals surface area contributed by atoms with Crippen molar-refractivity contribution in [1.29, 1.82) is 0 Å². The highest BCUT2D eigenvalue weighted by atomic mass is 32.2. The number of nitrogens with one attached hydrogen (secondary N) is 2. The number of carbonyl (C=O) groups is 3. The van der Waals surface area contributed by atoms with Crippen molar-refractivity contribution in [3.05, 3.63) is 60.4 Å². The number of piperidine rings is 1. The van der Waals surface area contributed by atoms with E-state index in [0.717, 1.165) is 5.56 Å². The highest BCUT2D eigenvalue weighted by molar-refractivity contribution is 7.89. The number of rotatable bonds is 7. The Morgan fingerprint density at radius 3 is 2.45 bits per heavy atom. The number of hydrogen-bond acceptors (Lipinski definition) is 7. The van der Waals surface area contributed by atoms with E-state index >= 15 is 0 Å². The van der Waals surface area contributed by atoms with E-state index < -0.39 is 40.0 Å². The summed E-state index contributed by atoms with van der Waals surface area (Å²) in [6.07, 6.45) is 2.14. The molecule has 1 unspecified atom stereocenters. The Balaban J connectivity index is 1.43. The Hall–Kier alpha value is -3.31. The lowest BCUT2D eigenvalue weighted by atomic mass is 9.98. The molecule has 0 saturated carbocycles. The van der Waals surface area contributed by atoms with Crippen LogP contribution in [-0.2, 0) is 30.9 Å². The minimum atomic E-state index is -3.68. The van der Waals surface area contributed by atoms with E-state index in [4.69, 9.17) is 4.74 Å². The number of urea groups is 1. The van der Waals surface area contributed by atoms with E-state index in [0.29, 0.717) is 0 Å². The number of esters is 1. The van der Waals surface area contributed by atoms with Crippen LogP contribution >= 0.6 is 0 Å². The first kappa shape index (κ1) is 24.3. The molecule has 33 heavy (non-hydrogen) atoms. The first-order valence-electron chi connectivity index (χ1n) is 10.5. The molecule has 0 bridgehead atoms. The van der Waals surface area contributed by atoms with Gasteiger partial charge in [-0.3, -0.25) is 19.9 Å². The third kappa shape index (κ3) is 6.59. The van der Waals surface area contributed by atoms with E-state index in [9.17, 15) is 22.8 Å². The van der Waals surface area contributed by atoms with Crippen LogP contribution in [0.25, 0.3) is 0 Å². The standard InChI is InChI=1S/C22H26N4O6S/c1-16(20(27)25-22(29)24-14-17-6-3-2-4-7-17)32-21(28)18-9-12-26(13-10-18)33(30,31)19-8-5-11-23-15-19/h2-8,11,15-16,18H,9-10,12-14H2,1H3,(H2,24,25,27,29). The van der Waals surface area contributed by atoms with Gasteiger partial charge in [-0.1, -0.05) is 30.3 Å². The highest BCUT2D eigenvalue weighted by Crippen LogP contribution is 2.24. The predicted octanol–water partition coefficient (Wildman–Crippen LogP) is 1.44. The number of nitrogens with zero attached hydrogens (tertiary/aromatic N) is 2. The quantitative estimate of drug-likeness (QED) is 0.580. The van der Waals surface area contributed by atoms with Gasteiger partial charge < -0.3 is 10.1 Å². The zero-order valence-electron chi connectivity index (χ0n) is 18.1. The van der Waals surface area contributed by atoms with E-state index in [1.54, 1.807) is 6.07 Å². The van der Waals surface area contributed by atoms with E-state index in [2.05, 4.69) is 15.6 Å². The third-order valence-corrected chi connectivity index (χ3v) is 7.14. The number of amides is 3. The lowest BCUT2D eigenvalue weighted by Crippen LogP contribution is -2.45. The molecule has 1 aromatic heterocycles. The summed E-state index contributed by atoms with van der Waals surface area (Å²) in [5.74, 6) is -1.88. The fraction of sp³-hybridized carbons (Fsp3) is 0.364. The van der Waals surface area contributed by atoms with Crippen LogP contribution in [0.5, 0.6) is 0 Å². The summed E-state index contributed by atoms with van der Waals surface area (Å²) in [5, 5.41) is 4.70. The van der Waals surface area contributed by atoms with Crippen molar-refractivity contribution in [3.8, 4) is 0 Å². The minimum absolute atomic E-state index is 0.0989. The first-order valence-corrected chi connectivity index (χ1v) is 11.9. The summed E-state index contributed by atoms with van der Waals surface area (Å²) in [7, 11) is -3.68. The molecule has 2 N–H and O–H groups in total. The van der Waals surface area contributed by atoms with Gasteiger partial charge in [-0.2, -0.15) is 4.31 Å². The van der Waals surface area contributed by atoms with Gasteiger partial charge in [-0.15, -0.1) is 0 Å². The van der Waals surface area contributed by atoms with E-state index in [1.807, 2.05) is 30.3 Å². The first-order chi connectivity index (χ1) is 15.8. The number of hydrogen-bond donors (Lipinski definition) is 2. The van der Waals surface area contributed by atoms with Gasteiger partial charge in [0.25, 0.3) is 5.91 Å². The summed E-state index contributed by atoms with van der Waals surface area (Å²) >= 11 is 0. The summed E-state index contributed by atoms with van der Waals surface area (Å²) in [5.41, 5.74) is 0.872. The molecule has 0 aliphatic carbocycles. The maximum absolute atomic E-state index is 12.7. The van der Waals surface area contributed by atoms with Gasteiger partial charge in [0, 0.05) is 32.0 Å². The number of pyridine rings is 1.